The van der Waals surface area contributed by atoms with Gasteiger partial charge < -0.3 is 5.11 Å². The minimum Gasteiger partial charge on any atom is -0.478 e. The number of rotatable bonds is 4. The van der Waals surface area contributed by atoms with Gasteiger partial charge in [-0.05, 0) is 18.2 Å². The van der Waals surface area contributed by atoms with E-state index in [-0.39, 0.29) is 0 Å². The highest BCUT2D eigenvalue weighted by molar-refractivity contribution is 9.10. The predicted molar refractivity (Wildman–Crippen MR) is 61.6 cm³/mol. The fourth-order valence-corrected chi connectivity index (χ4v) is 2.17. The molecule has 0 aliphatic heterocycles. The van der Waals surface area contributed by atoms with Crippen molar-refractivity contribution in [2.75, 3.05) is 5.75 Å². The lowest BCUT2D eigenvalue weighted by atomic mass is 10.4. The van der Waals surface area contributed by atoms with Gasteiger partial charge in [-0.3, -0.25) is 0 Å². The standard InChI is InChI=1S/C10H9BrO2S/c11-8-3-1-4-9(7-8)14-6-2-5-10(12)13/h1-5,7H,6H2,(H,12,13)/b5-2+. The number of benzene rings is 1. The Labute approximate surface area is 95.1 Å². The largest absolute Gasteiger partial charge is 0.478 e. The molecule has 1 aromatic rings. The van der Waals surface area contributed by atoms with Crippen molar-refractivity contribution in [1.29, 1.82) is 0 Å². The normalized spacial score (nSPS) is 10.6. The SMILES string of the molecule is O=C(O)/C=C/CSc1cccc(Br)c1. The van der Waals surface area contributed by atoms with Crippen molar-refractivity contribution in [2.45, 2.75) is 4.90 Å². The van der Waals surface area contributed by atoms with Gasteiger partial charge in [0.1, 0.15) is 0 Å². The number of hydrogen-bond donors (Lipinski definition) is 1. The van der Waals surface area contributed by atoms with Crippen molar-refractivity contribution >= 4 is 33.7 Å². The fraction of sp³-hybridized carbons (Fsp3) is 0.100. The van der Waals surface area contributed by atoms with Gasteiger partial charge in [0.05, 0.1) is 0 Å². The highest BCUT2D eigenvalue weighted by atomic mass is 79.9. The fourth-order valence-electron chi connectivity index (χ4n) is 0.850. The smallest absolute Gasteiger partial charge is 0.328 e. The first-order chi connectivity index (χ1) is 6.68. The van der Waals surface area contributed by atoms with Crippen LogP contribution in [-0.4, -0.2) is 16.8 Å². The summed E-state index contributed by atoms with van der Waals surface area (Å²) in [7, 11) is 0. The molecule has 0 amide bonds. The Morgan fingerprint density at radius 3 is 3.00 bits per heavy atom. The van der Waals surface area contributed by atoms with Crippen molar-refractivity contribution in [1.82, 2.24) is 0 Å². The molecule has 0 aromatic heterocycles. The molecule has 0 spiro atoms. The maximum atomic E-state index is 10.2. The van der Waals surface area contributed by atoms with E-state index in [9.17, 15) is 4.79 Å². The average Bonchev–Trinajstić information content (AvgIpc) is 2.12. The van der Waals surface area contributed by atoms with Gasteiger partial charge in [-0.25, -0.2) is 4.79 Å². The molecule has 0 atom stereocenters. The molecular formula is C10H9BrO2S. The van der Waals surface area contributed by atoms with Gasteiger partial charge in [-0.2, -0.15) is 0 Å². The quantitative estimate of drug-likeness (QED) is 0.676. The first kappa shape index (κ1) is 11.3. The van der Waals surface area contributed by atoms with Crippen LogP contribution in [0.1, 0.15) is 0 Å². The summed E-state index contributed by atoms with van der Waals surface area (Å²) in [5, 5.41) is 8.35. The first-order valence-corrected chi connectivity index (χ1v) is 5.74. The molecule has 74 valence electrons. The van der Waals surface area contributed by atoms with E-state index in [1.165, 1.54) is 0 Å². The zero-order chi connectivity index (χ0) is 10.4. The van der Waals surface area contributed by atoms with Crippen molar-refractivity contribution in [3.8, 4) is 0 Å². The van der Waals surface area contributed by atoms with Crippen molar-refractivity contribution in [3.63, 3.8) is 0 Å². The van der Waals surface area contributed by atoms with Crippen LogP contribution in [0.2, 0.25) is 0 Å². The molecule has 0 saturated heterocycles. The molecule has 1 aromatic carbocycles. The van der Waals surface area contributed by atoms with Crippen LogP contribution in [0.15, 0.2) is 45.8 Å². The van der Waals surface area contributed by atoms with E-state index in [2.05, 4.69) is 15.9 Å². The van der Waals surface area contributed by atoms with E-state index < -0.39 is 5.97 Å². The summed E-state index contributed by atoms with van der Waals surface area (Å²) in [5.74, 6) is -0.234. The number of carboxylic acid groups (broad SMARTS) is 1. The number of carbonyl (C=O) groups is 1. The van der Waals surface area contributed by atoms with E-state index >= 15 is 0 Å². The monoisotopic (exact) mass is 272 g/mol. The Bertz CT molecular complexity index is 350. The molecule has 0 bridgehead atoms. The molecule has 4 heteroatoms. The molecule has 1 rings (SSSR count). The van der Waals surface area contributed by atoms with Crippen molar-refractivity contribution < 1.29 is 9.90 Å². The first-order valence-electron chi connectivity index (χ1n) is 3.96. The van der Waals surface area contributed by atoms with E-state index in [1.54, 1.807) is 17.8 Å². The molecule has 2 nitrogen and oxygen atoms in total. The van der Waals surface area contributed by atoms with Gasteiger partial charge in [0.2, 0.25) is 0 Å². The summed E-state index contributed by atoms with van der Waals surface area (Å²) in [6.07, 6.45) is 2.79. The Morgan fingerprint density at radius 1 is 1.57 bits per heavy atom. The van der Waals surface area contributed by atoms with Crippen molar-refractivity contribution in [3.05, 3.63) is 40.9 Å². The summed E-state index contributed by atoms with van der Waals surface area (Å²) >= 11 is 4.97. The van der Waals surface area contributed by atoms with Crippen LogP contribution in [0.4, 0.5) is 0 Å². The molecular weight excluding hydrogens is 264 g/mol. The Morgan fingerprint density at radius 2 is 2.36 bits per heavy atom. The molecule has 0 aliphatic rings. The lowest BCUT2D eigenvalue weighted by Gasteiger charge is -1.97. The highest BCUT2D eigenvalue weighted by Gasteiger charge is 1.93. The Hall–Kier alpha value is -0.740. The topological polar surface area (TPSA) is 37.3 Å². The van der Waals surface area contributed by atoms with Crippen LogP contribution in [0.3, 0.4) is 0 Å². The summed E-state index contributed by atoms with van der Waals surface area (Å²) in [6, 6.07) is 7.90. The third kappa shape index (κ3) is 4.48. The van der Waals surface area contributed by atoms with Gasteiger partial charge in [-0.1, -0.05) is 28.1 Å². The Kier molecular flexibility index (Phi) is 4.76. The molecule has 0 fully saturated rings. The molecule has 0 radical (unpaired) electrons. The maximum Gasteiger partial charge on any atom is 0.328 e. The van der Waals surface area contributed by atoms with Gasteiger partial charge in [0.25, 0.3) is 0 Å². The maximum absolute atomic E-state index is 10.2. The lowest BCUT2D eigenvalue weighted by Crippen LogP contribution is -1.86. The average molecular weight is 273 g/mol. The van der Waals surface area contributed by atoms with E-state index in [0.717, 1.165) is 15.4 Å². The van der Waals surface area contributed by atoms with E-state index in [0.29, 0.717) is 5.75 Å². The number of carboxylic acids is 1. The molecule has 0 aliphatic carbocycles. The number of thioether (sulfide) groups is 1. The number of halogens is 1. The molecule has 0 saturated carbocycles. The van der Waals surface area contributed by atoms with Crippen LogP contribution in [0, 0.1) is 0 Å². The summed E-state index contributed by atoms with van der Waals surface area (Å²) < 4.78 is 1.03. The van der Waals surface area contributed by atoms with Crippen molar-refractivity contribution in [2.24, 2.45) is 0 Å². The Balaban J connectivity index is 2.42. The highest BCUT2D eigenvalue weighted by Crippen LogP contribution is 2.21. The van der Waals surface area contributed by atoms with E-state index in [1.807, 2.05) is 24.3 Å². The second-order valence-corrected chi connectivity index (χ2v) is 4.52. The predicted octanol–water partition coefficient (Wildman–Crippen LogP) is 3.18. The number of aliphatic carboxylic acids is 1. The molecule has 1 N–H and O–H groups in total. The van der Waals surface area contributed by atoms with Crippen LogP contribution in [0.25, 0.3) is 0 Å². The second-order valence-electron chi connectivity index (χ2n) is 2.51. The minimum atomic E-state index is -0.903. The van der Waals surface area contributed by atoms with Crippen LogP contribution < -0.4 is 0 Å². The van der Waals surface area contributed by atoms with Gasteiger partial charge in [0.15, 0.2) is 0 Å². The summed E-state index contributed by atoms with van der Waals surface area (Å²) in [6.45, 7) is 0. The zero-order valence-electron chi connectivity index (χ0n) is 7.31. The number of hydrogen-bond acceptors (Lipinski definition) is 2. The van der Waals surface area contributed by atoms with Crippen LogP contribution in [0.5, 0.6) is 0 Å². The third-order valence-corrected chi connectivity index (χ3v) is 2.84. The van der Waals surface area contributed by atoms with Gasteiger partial charge in [0, 0.05) is 21.2 Å². The summed E-state index contributed by atoms with van der Waals surface area (Å²) in [4.78, 5) is 11.3. The zero-order valence-corrected chi connectivity index (χ0v) is 9.72. The van der Waals surface area contributed by atoms with Crippen LogP contribution in [-0.2, 0) is 4.79 Å². The third-order valence-electron chi connectivity index (χ3n) is 1.40. The lowest BCUT2D eigenvalue weighted by molar-refractivity contribution is -0.131. The molecule has 14 heavy (non-hydrogen) atoms. The van der Waals surface area contributed by atoms with E-state index in [4.69, 9.17) is 5.11 Å². The summed E-state index contributed by atoms with van der Waals surface area (Å²) in [5.41, 5.74) is 0. The van der Waals surface area contributed by atoms with Gasteiger partial charge >= 0.3 is 5.97 Å². The van der Waals surface area contributed by atoms with Gasteiger partial charge in [-0.15, -0.1) is 11.8 Å². The van der Waals surface area contributed by atoms with Crippen LogP contribution >= 0.6 is 27.7 Å². The second kappa shape index (κ2) is 5.88. The molecule has 0 heterocycles. The minimum absolute atomic E-state index is 0.669. The molecule has 0 unspecified atom stereocenters.